The summed E-state index contributed by atoms with van der Waals surface area (Å²) in [5.41, 5.74) is 1.21. The van der Waals surface area contributed by atoms with Crippen LogP contribution in [0.3, 0.4) is 0 Å². The minimum Gasteiger partial charge on any atom is -0.385 e. The van der Waals surface area contributed by atoms with Crippen LogP contribution >= 0.6 is 11.3 Å². The van der Waals surface area contributed by atoms with Crippen molar-refractivity contribution in [2.45, 2.75) is 32.7 Å². The van der Waals surface area contributed by atoms with Gasteiger partial charge in [0, 0.05) is 52.4 Å². The Morgan fingerprint density at radius 2 is 1.95 bits per heavy atom. The molecule has 0 saturated carbocycles. The minimum absolute atomic E-state index is 0.446. The fourth-order valence-corrected chi connectivity index (χ4v) is 3.18. The summed E-state index contributed by atoms with van der Waals surface area (Å²) in [5.74, 6) is 0.446. The summed E-state index contributed by atoms with van der Waals surface area (Å²) in [6.45, 7) is 8.61. The first-order valence-corrected chi connectivity index (χ1v) is 8.31. The lowest BCUT2D eigenvalue weighted by Gasteiger charge is -2.15. The van der Waals surface area contributed by atoms with Crippen molar-refractivity contribution in [1.29, 1.82) is 0 Å². The molecule has 0 aliphatic rings. The Kier molecular flexibility index (Phi) is 8.84. The maximum absolute atomic E-state index is 5.11. The predicted octanol–water partition coefficient (Wildman–Crippen LogP) is 2.48. The Labute approximate surface area is 132 Å². The predicted molar refractivity (Wildman–Crippen MR) is 89.5 cm³/mol. The zero-order valence-corrected chi connectivity index (χ0v) is 14.8. The van der Waals surface area contributed by atoms with Crippen LogP contribution in [0, 0.1) is 0 Å². The number of methoxy groups -OCH3 is 2. The van der Waals surface area contributed by atoms with E-state index in [9.17, 15) is 0 Å². The Morgan fingerprint density at radius 1 is 1.24 bits per heavy atom. The van der Waals surface area contributed by atoms with Gasteiger partial charge in [-0.3, -0.25) is 0 Å². The highest BCUT2D eigenvalue weighted by molar-refractivity contribution is 7.15. The van der Waals surface area contributed by atoms with Crippen molar-refractivity contribution >= 4 is 16.5 Å². The van der Waals surface area contributed by atoms with E-state index >= 15 is 0 Å². The second-order valence-electron chi connectivity index (χ2n) is 5.40. The molecule has 0 atom stereocenters. The summed E-state index contributed by atoms with van der Waals surface area (Å²) < 4.78 is 10.2. The topological polar surface area (TPSA) is 46.6 Å². The summed E-state index contributed by atoms with van der Waals surface area (Å²) in [5, 5.41) is 4.51. The highest BCUT2D eigenvalue weighted by Gasteiger charge is 2.16. The van der Waals surface area contributed by atoms with Crippen molar-refractivity contribution in [2.75, 3.05) is 52.5 Å². The third-order valence-electron chi connectivity index (χ3n) is 3.20. The van der Waals surface area contributed by atoms with Crippen LogP contribution in [0.5, 0.6) is 0 Å². The van der Waals surface area contributed by atoms with Gasteiger partial charge >= 0.3 is 0 Å². The number of aromatic nitrogens is 1. The molecular formula is C15H29N3O2S. The van der Waals surface area contributed by atoms with Gasteiger partial charge in [-0.05, 0) is 12.3 Å². The molecule has 0 bridgehead atoms. The standard InChI is InChI=1S/C15H29N3O2S/c1-12(2)14-13(11-16-7-10-20-5)21-15(17-14)18(3)8-6-9-19-4/h12,16H,6-11H2,1-5H3. The van der Waals surface area contributed by atoms with Crippen molar-refractivity contribution in [3.05, 3.63) is 10.6 Å². The van der Waals surface area contributed by atoms with Crippen molar-refractivity contribution in [2.24, 2.45) is 0 Å². The summed E-state index contributed by atoms with van der Waals surface area (Å²) in [4.78, 5) is 8.36. The molecule has 122 valence electrons. The van der Waals surface area contributed by atoms with Crippen molar-refractivity contribution in [3.8, 4) is 0 Å². The highest BCUT2D eigenvalue weighted by Crippen LogP contribution is 2.30. The molecule has 0 radical (unpaired) electrons. The van der Waals surface area contributed by atoms with Gasteiger partial charge in [-0.25, -0.2) is 4.98 Å². The maximum atomic E-state index is 5.11. The largest absolute Gasteiger partial charge is 0.385 e. The molecule has 1 rings (SSSR count). The van der Waals surface area contributed by atoms with Gasteiger partial charge in [0.25, 0.3) is 0 Å². The van der Waals surface area contributed by atoms with E-state index in [0.717, 1.165) is 44.4 Å². The van der Waals surface area contributed by atoms with Crippen LogP contribution in [0.15, 0.2) is 0 Å². The van der Waals surface area contributed by atoms with Crippen LogP contribution in [0.4, 0.5) is 5.13 Å². The third-order valence-corrected chi connectivity index (χ3v) is 4.39. The number of anilines is 1. The lowest BCUT2D eigenvalue weighted by molar-refractivity contribution is 0.196. The van der Waals surface area contributed by atoms with Gasteiger partial charge in [0.1, 0.15) is 0 Å². The molecule has 0 aromatic carbocycles. The second kappa shape index (κ2) is 10.1. The van der Waals surface area contributed by atoms with E-state index in [-0.39, 0.29) is 0 Å². The summed E-state index contributed by atoms with van der Waals surface area (Å²) in [6.07, 6.45) is 1.02. The number of rotatable bonds is 11. The number of nitrogens with one attached hydrogen (secondary N) is 1. The number of hydrogen-bond donors (Lipinski definition) is 1. The molecule has 21 heavy (non-hydrogen) atoms. The average Bonchev–Trinajstić information content (AvgIpc) is 2.88. The molecule has 5 nitrogen and oxygen atoms in total. The van der Waals surface area contributed by atoms with Gasteiger partial charge in [-0.15, -0.1) is 11.3 Å². The highest BCUT2D eigenvalue weighted by atomic mass is 32.1. The van der Waals surface area contributed by atoms with Crippen LogP contribution in [0.25, 0.3) is 0 Å². The minimum atomic E-state index is 0.446. The van der Waals surface area contributed by atoms with Crippen molar-refractivity contribution < 1.29 is 9.47 Å². The lowest BCUT2D eigenvalue weighted by Crippen LogP contribution is -2.19. The average molecular weight is 315 g/mol. The van der Waals surface area contributed by atoms with Gasteiger partial charge in [0.05, 0.1) is 12.3 Å². The second-order valence-corrected chi connectivity index (χ2v) is 6.46. The monoisotopic (exact) mass is 315 g/mol. The summed E-state index contributed by atoms with van der Waals surface area (Å²) in [6, 6.07) is 0. The molecule has 0 aliphatic heterocycles. The van der Waals surface area contributed by atoms with E-state index in [2.05, 4.69) is 31.1 Å². The molecular weight excluding hydrogens is 286 g/mol. The SMILES string of the molecule is COCCCN(C)c1nc(C(C)C)c(CNCCOC)s1. The van der Waals surface area contributed by atoms with Crippen molar-refractivity contribution in [1.82, 2.24) is 10.3 Å². The summed E-state index contributed by atoms with van der Waals surface area (Å²) in [7, 11) is 5.56. The zero-order valence-electron chi connectivity index (χ0n) is 13.9. The molecule has 1 aromatic heterocycles. The van der Waals surface area contributed by atoms with E-state index < -0.39 is 0 Å². The van der Waals surface area contributed by atoms with E-state index in [4.69, 9.17) is 14.5 Å². The van der Waals surface area contributed by atoms with Crippen LogP contribution in [0.1, 0.15) is 36.8 Å². The number of thiazole rings is 1. The molecule has 0 spiro atoms. The van der Waals surface area contributed by atoms with Crippen LogP contribution in [0.2, 0.25) is 0 Å². The molecule has 0 unspecified atom stereocenters. The van der Waals surface area contributed by atoms with Crippen molar-refractivity contribution in [3.63, 3.8) is 0 Å². The number of nitrogens with zero attached hydrogens (tertiary/aromatic N) is 2. The third kappa shape index (κ3) is 6.30. The normalized spacial score (nSPS) is 11.3. The van der Waals surface area contributed by atoms with Crippen LogP contribution in [-0.4, -0.2) is 52.6 Å². The summed E-state index contributed by atoms with van der Waals surface area (Å²) >= 11 is 1.78. The van der Waals surface area contributed by atoms with Gasteiger partial charge in [-0.2, -0.15) is 0 Å². The van der Waals surface area contributed by atoms with Gasteiger partial charge in [0.2, 0.25) is 0 Å². The number of hydrogen-bond acceptors (Lipinski definition) is 6. The molecule has 0 fully saturated rings. The van der Waals surface area contributed by atoms with Crippen LogP contribution < -0.4 is 10.2 Å². The molecule has 1 aromatic rings. The molecule has 6 heteroatoms. The Balaban J connectivity index is 2.64. The Morgan fingerprint density at radius 3 is 2.57 bits per heavy atom. The Bertz CT molecular complexity index is 396. The first-order valence-electron chi connectivity index (χ1n) is 7.49. The van der Waals surface area contributed by atoms with Gasteiger partial charge in [0.15, 0.2) is 5.13 Å². The van der Waals surface area contributed by atoms with Gasteiger partial charge < -0.3 is 19.7 Å². The fourth-order valence-electron chi connectivity index (χ4n) is 2.01. The maximum Gasteiger partial charge on any atom is 0.185 e. The molecule has 0 aliphatic carbocycles. The zero-order chi connectivity index (χ0) is 15.7. The molecule has 0 saturated heterocycles. The van der Waals surface area contributed by atoms with E-state index in [1.54, 1.807) is 25.6 Å². The molecule has 1 N–H and O–H groups in total. The first-order chi connectivity index (χ1) is 10.1. The molecule has 1 heterocycles. The Hall–Kier alpha value is -0.690. The van der Waals surface area contributed by atoms with E-state index in [1.165, 1.54) is 10.6 Å². The quantitative estimate of drug-likeness (QED) is 0.636. The smallest absolute Gasteiger partial charge is 0.185 e. The lowest BCUT2D eigenvalue weighted by atomic mass is 10.1. The van der Waals surface area contributed by atoms with Gasteiger partial charge in [-0.1, -0.05) is 13.8 Å². The van der Waals surface area contributed by atoms with Crippen LogP contribution in [-0.2, 0) is 16.0 Å². The van der Waals surface area contributed by atoms with E-state index in [1.807, 2.05) is 0 Å². The van der Waals surface area contributed by atoms with E-state index in [0.29, 0.717) is 5.92 Å². The molecule has 0 amide bonds. The first kappa shape index (κ1) is 18.4. The number of ether oxygens (including phenoxy) is 2. The fraction of sp³-hybridized carbons (Fsp3) is 0.800.